The molecule has 1 fully saturated rings. The van der Waals surface area contributed by atoms with Gasteiger partial charge in [-0.05, 0) is 23.8 Å². The highest BCUT2D eigenvalue weighted by molar-refractivity contribution is 5.91. The summed E-state index contributed by atoms with van der Waals surface area (Å²) in [5, 5.41) is 8.77. The molecule has 0 aliphatic carbocycles. The molecule has 0 radical (unpaired) electrons. The maximum absolute atomic E-state index is 13.6. The first-order valence-corrected chi connectivity index (χ1v) is 7.13. The van der Waals surface area contributed by atoms with Crippen LogP contribution < -0.4 is 4.74 Å². The normalized spacial score (nSPS) is 18.2. The third kappa shape index (κ3) is 4.79. The molecule has 1 unspecified atom stereocenters. The van der Waals surface area contributed by atoms with Crippen molar-refractivity contribution in [2.75, 3.05) is 26.8 Å². The fourth-order valence-corrected chi connectivity index (χ4v) is 2.30. The number of halogens is 1. The number of hydrogen-bond donors (Lipinski definition) is 1. The third-order valence-electron chi connectivity index (χ3n) is 3.45. The van der Waals surface area contributed by atoms with Crippen molar-refractivity contribution in [2.24, 2.45) is 0 Å². The number of carboxylic acids is 1. The number of rotatable bonds is 5. The van der Waals surface area contributed by atoms with Crippen molar-refractivity contribution < 1.29 is 28.6 Å². The Hall–Kier alpha value is -2.41. The summed E-state index contributed by atoms with van der Waals surface area (Å²) >= 11 is 0. The van der Waals surface area contributed by atoms with Crippen molar-refractivity contribution >= 4 is 18.0 Å². The smallest absolute Gasteiger partial charge is 0.306 e. The number of carboxylic acid groups (broad SMARTS) is 1. The summed E-state index contributed by atoms with van der Waals surface area (Å²) in [5.41, 5.74) is 0.534. The van der Waals surface area contributed by atoms with Gasteiger partial charge in [-0.2, -0.15) is 0 Å². The van der Waals surface area contributed by atoms with E-state index >= 15 is 0 Å². The summed E-state index contributed by atoms with van der Waals surface area (Å²) < 4.78 is 23.7. The molecular weight excluding hydrogens is 305 g/mol. The molecule has 1 aromatic rings. The van der Waals surface area contributed by atoms with Gasteiger partial charge in [0.25, 0.3) is 0 Å². The maximum atomic E-state index is 13.6. The van der Waals surface area contributed by atoms with Crippen LogP contribution in [0.1, 0.15) is 12.0 Å². The second kappa shape index (κ2) is 7.73. The molecule has 1 aliphatic heterocycles. The van der Waals surface area contributed by atoms with Gasteiger partial charge in [0.15, 0.2) is 11.6 Å². The van der Waals surface area contributed by atoms with Gasteiger partial charge in [-0.1, -0.05) is 6.07 Å². The minimum Gasteiger partial charge on any atom is -0.494 e. The van der Waals surface area contributed by atoms with Gasteiger partial charge in [-0.3, -0.25) is 9.59 Å². The van der Waals surface area contributed by atoms with Crippen LogP contribution >= 0.6 is 0 Å². The molecule has 124 valence electrons. The Balaban J connectivity index is 1.97. The van der Waals surface area contributed by atoms with Gasteiger partial charge >= 0.3 is 5.97 Å². The molecule has 1 heterocycles. The Labute approximate surface area is 133 Å². The predicted octanol–water partition coefficient (Wildman–Crippen LogP) is 1.55. The van der Waals surface area contributed by atoms with Crippen molar-refractivity contribution in [2.45, 2.75) is 12.5 Å². The summed E-state index contributed by atoms with van der Waals surface area (Å²) in [6.45, 7) is 0.928. The summed E-state index contributed by atoms with van der Waals surface area (Å²) in [4.78, 5) is 24.3. The molecule has 23 heavy (non-hydrogen) atoms. The lowest BCUT2D eigenvalue weighted by molar-refractivity contribution is -0.145. The molecule has 7 heteroatoms. The van der Waals surface area contributed by atoms with Crippen LogP contribution in [0.25, 0.3) is 6.08 Å². The molecule has 1 atom stereocenters. The number of morpholine rings is 1. The second-order valence-electron chi connectivity index (χ2n) is 5.10. The van der Waals surface area contributed by atoms with E-state index in [1.807, 2.05) is 0 Å². The van der Waals surface area contributed by atoms with Crippen LogP contribution in [0.15, 0.2) is 24.3 Å². The number of nitrogens with zero attached hydrogens (tertiary/aromatic N) is 1. The molecule has 1 aliphatic rings. The van der Waals surface area contributed by atoms with E-state index < -0.39 is 17.9 Å². The van der Waals surface area contributed by atoms with E-state index in [1.165, 1.54) is 36.3 Å². The number of methoxy groups -OCH3 is 1. The SMILES string of the molecule is COc1ccc(/C=C/C(=O)N2CCOC(CC(=O)O)C2)cc1F. The number of ether oxygens (including phenoxy) is 2. The average molecular weight is 323 g/mol. The van der Waals surface area contributed by atoms with Crippen molar-refractivity contribution in [1.29, 1.82) is 0 Å². The quantitative estimate of drug-likeness (QED) is 0.832. The van der Waals surface area contributed by atoms with Gasteiger partial charge in [-0.25, -0.2) is 4.39 Å². The van der Waals surface area contributed by atoms with Crippen LogP contribution in [-0.4, -0.2) is 54.8 Å². The Morgan fingerprint density at radius 3 is 2.96 bits per heavy atom. The van der Waals surface area contributed by atoms with Crippen LogP contribution in [-0.2, 0) is 14.3 Å². The Kier molecular flexibility index (Phi) is 5.70. The molecule has 0 spiro atoms. The zero-order valence-corrected chi connectivity index (χ0v) is 12.7. The minimum absolute atomic E-state index is 0.137. The van der Waals surface area contributed by atoms with Gasteiger partial charge in [0.2, 0.25) is 5.91 Å². The number of aliphatic carboxylic acids is 1. The van der Waals surface area contributed by atoms with Crippen molar-refractivity contribution in [3.05, 3.63) is 35.7 Å². The lowest BCUT2D eigenvalue weighted by Gasteiger charge is -2.31. The topological polar surface area (TPSA) is 76.1 Å². The third-order valence-corrected chi connectivity index (χ3v) is 3.45. The average Bonchev–Trinajstić information content (AvgIpc) is 2.52. The molecule has 1 aromatic carbocycles. The summed E-state index contributed by atoms with van der Waals surface area (Å²) in [7, 11) is 1.38. The van der Waals surface area contributed by atoms with Crippen LogP contribution in [0.2, 0.25) is 0 Å². The van der Waals surface area contributed by atoms with Crippen LogP contribution in [0.3, 0.4) is 0 Å². The van der Waals surface area contributed by atoms with Gasteiger partial charge in [0, 0.05) is 19.2 Å². The highest BCUT2D eigenvalue weighted by Crippen LogP contribution is 2.18. The van der Waals surface area contributed by atoms with E-state index in [0.717, 1.165) is 0 Å². The van der Waals surface area contributed by atoms with Crippen LogP contribution in [0.4, 0.5) is 4.39 Å². The Morgan fingerprint density at radius 2 is 2.30 bits per heavy atom. The highest BCUT2D eigenvalue weighted by Gasteiger charge is 2.24. The Bertz CT molecular complexity index is 616. The molecule has 2 rings (SSSR count). The Morgan fingerprint density at radius 1 is 1.52 bits per heavy atom. The van der Waals surface area contributed by atoms with Crippen LogP contribution in [0, 0.1) is 5.82 Å². The van der Waals surface area contributed by atoms with Gasteiger partial charge in [-0.15, -0.1) is 0 Å². The van der Waals surface area contributed by atoms with Gasteiger partial charge < -0.3 is 19.5 Å². The summed E-state index contributed by atoms with van der Waals surface area (Å²) in [6, 6.07) is 4.39. The highest BCUT2D eigenvalue weighted by atomic mass is 19.1. The first kappa shape index (κ1) is 17.0. The standard InChI is InChI=1S/C16H18FNO5/c1-22-14-4-2-11(8-13(14)17)3-5-15(19)18-6-7-23-12(10-18)9-16(20)21/h2-5,8,12H,6-7,9-10H2,1H3,(H,20,21)/b5-3+. The van der Waals surface area contributed by atoms with Crippen molar-refractivity contribution in [1.82, 2.24) is 4.90 Å². The fourth-order valence-electron chi connectivity index (χ4n) is 2.30. The maximum Gasteiger partial charge on any atom is 0.306 e. The fraction of sp³-hybridized carbons (Fsp3) is 0.375. The second-order valence-corrected chi connectivity index (χ2v) is 5.10. The van der Waals surface area contributed by atoms with E-state index in [2.05, 4.69) is 0 Å². The molecule has 0 bridgehead atoms. The molecule has 1 N–H and O–H groups in total. The van der Waals surface area contributed by atoms with E-state index in [9.17, 15) is 14.0 Å². The summed E-state index contributed by atoms with van der Waals surface area (Å²) in [5.74, 6) is -1.60. The first-order chi connectivity index (χ1) is 11.0. The monoisotopic (exact) mass is 323 g/mol. The van der Waals surface area contributed by atoms with Gasteiger partial charge in [0.05, 0.1) is 26.2 Å². The summed E-state index contributed by atoms with van der Waals surface area (Å²) in [6.07, 6.45) is 2.20. The number of benzene rings is 1. The minimum atomic E-state index is -0.964. The molecule has 0 saturated carbocycles. The van der Waals surface area contributed by atoms with Crippen molar-refractivity contribution in [3.63, 3.8) is 0 Å². The zero-order valence-electron chi connectivity index (χ0n) is 12.7. The largest absolute Gasteiger partial charge is 0.494 e. The van der Waals surface area contributed by atoms with E-state index in [1.54, 1.807) is 6.07 Å². The number of hydrogen-bond acceptors (Lipinski definition) is 4. The van der Waals surface area contributed by atoms with E-state index in [-0.39, 0.29) is 24.6 Å². The number of carbonyl (C=O) groups excluding carboxylic acids is 1. The zero-order chi connectivity index (χ0) is 16.8. The van der Waals surface area contributed by atoms with Crippen LogP contribution in [0.5, 0.6) is 5.75 Å². The van der Waals surface area contributed by atoms with Gasteiger partial charge in [0.1, 0.15) is 0 Å². The molecule has 6 nitrogen and oxygen atoms in total. The number of amides is 1. The molecule has 1 saturated heterocycles. The molecule has 0 aromatic heterocycles. The molecule has 1 amide bonds. The van der Waals surface area contributed by atoms with E-state index in [0.29, 0.717) is 18.7 Å². The number of carbonyl (C=O) groups is 2. The lowest BCUT2D eigenvalue weighted by atomic mass is 10.1. The lowest BCUT2D eigenvalue weighted by Crippen LogP contribution is -2.45. The first-order valence-electron chi connectivity index (χ1n) is 7.13. The van der Waals surface area contributed by atoms with Crippen molar-refractivity contribution in [3.8, 4) is 5.75 Å². The molecular formula is C16H18FNO5. The van der Waals surface area contributed by atoms with E-state index in [4.69, 9.17) is 14.6 Å². The predicted molar refractivity (Wildman–Crippen MR) is 80.6 cm³/mol.